The van der Waals surface area contributed by atoms with Gasteiger partial charge in [0.25, 0.3) is 0 Å². The van der Waals surface area contributed by atoms with Crippen molar-refractivity contribution in [3.05, 3.63) is 23.0 Å². The molecule has 0 saturated heterocycles. The number of hydrogen-bond acceptors (Lipinski definition) is 4. The van der Waals surface area contributed by atoms with Gasteiger partial charge in [0.1, 0.15) is 0 Å². The first-order chi connectivity index (χ1) is 6.56. The summed E-state index contributed by atoms with van der Waals surface area (Å²) in [7, 11) is 0. The van der Waals surface area contributed by atoms with Gasteiger partial charge in [0.05, 0.1) is 12.2 Å². The molecule has 0 fully saturated rings. The van der Waals surface area contributed by atoms with Crippen molar-refractivity contribution in [2.45, 2.75) is 20.3 Å². The van der Waals surface area contributed by atoms with Crippen LogP contribution in [0.3, 0.4) is 0 Å². The fraction of sp³-hybridized carbons (Fsp3) is 0.400. The standard InChI is InChI=1S/C10H12O4/c1-3-14-10(13)9(12)7-4-6(2)5-8(7)11/h5,12H,3-4H2,1-2H3/b9-7+. The molecule has 0 amide bonds. The van der Waals surface area contributed by atoms with E-state index in [1.165, 1.54) is 6.08 Å². The summed E-state index contributed by atoms with van der Waals surface area (Å²) in [5.74, 6) is -1.71. The minimum absolute atomic E-state index is 0.126. The highest BCUT2D eigenvalue weighted by Crippen LogP contribution is 2.23. The highest BCUT2D eigenvalue weighted by Gasteiger charge is 2.24. The first kappa shape index (κ1) is 10.5. The van der Waals surface area contributed by atoms with Crippen LogP contribution >= 0.6 is 0 Å². The van der Waals surface area contributed by atoms with Gasteiger partial charge in [-0.05, 0) is 19.9 Å². The van der Waals surface area contributed by atoms with Crippen molar-refractivity contribution < 1.29 is 19.4 Å². The van der Waals surface area contributed by atoms with Crippen LogP contribution in [-0.2, 0) is 14.3 Å². The van der Waals surface area contributed by atoms with Crippen molar-refractivity contribution >= 4 is 11.8 Å². The second-order valence-corrected chi connectivity index (χ2v) is 3.08. The molecule has 0 aromatic rings. The lowest BCUT2D eigenvalue weighted by atomic mass is 10.1. The van der Waals surface area contributed by atoms with Gasteiger partial charge in [0, 0.05) is 6.42 Å². The van der Waals surface area contributed by atoms with Gasteiger partial charge in [0.2, 0.25) is 5.76 Å². The molecule has 0 radical (unpaired) electrons. The van der Waals surface area contributed by atoms with E-state index < -0.39 is 11.7 Å². The lowest BCUT2D eigenvalue weighted by Gasteiger charge is -2.02. The monoisotopic (exact) mass is 196 g/mol. The fourth-order valence-corrected chi connectivity index (χ4v) is 1.25. The molecule has 1 aliphatic carbocycles. The molecule has 76 valence electrons. The largest absolute Gasteiger partial charge is 0.502 e. The third-order valence-electron chi connectivity index (χ3n) is 1.89. The lowest BCUT2D eigenvalue weighted by molar-refractivity contribution is -0.141. The van der Waals surface area contributed by atoms with Crippen LogP contribution in [0.4, 0.5) is 0 Å². The van der Waals surface area contributed by atoms with E-state index in [9.17, 15) is 14.7 Å². The maximum Gasteiger partial charge on any atom is 0.373 e. The maximum atomic E-state index is 11.2. The number of ketones is 1. The van der Waals surface area contributed by atoms with E-state index in [4.69, 9.17) is 0 Å². The summed E-state index contributed by atoms with van der Waals surface area (Å²) in [5, 5.41) is 9.39. The van der Waals surface area contributed by atoms with Crippen molar-refractivity contribution in [2.75, 3.05) is 6.61 Å². The first-order valence-electron chi connectivity index (χ1n) is 4.37. The third-order valence-corrected chi connectivity index (χ3v) is 1.89. The quantitative estimate of drug-likeness (QED) is 0.410. The summed E-state index contributed by atoms with van der Waals surface area (Å²) >= 11 is 0. The lowest BCUT2D eigenvalue weighted by Crippen LogP contribution is -2.11. The molecule has 4 heteroatoms. The zero-order chi connectivity index (χ0) is 10.7. The summed E-state index contributed by atoms with van der Waals surface area (Å²) in [6.45, 7) is 3.58. The second kappa shape index (κ2) is 4.09. The molecule has 0 aliphatic heterocycles. The molecule has 0 aromatic carbocycles. The average molecular weight is 196 g/mol. The smallest absolute Gasteiger partial charge is 0.373 e. The number of carbonyl (C=O) groups is 2. The Morgan fingerprint density at radius 2 is 2.29 bits per heavy atom. The van der Waals surface area contributed by atoms with Crippen LogP contribution in [0, 0.1) is 0 Å². The normalized spacial score (nSPS) is 19.3. The molecule has 0 atom stereocenters. The first-order valence-corrected chi connectivity index (χ1v) is 4.37. The summed E-state index contributed by atoms with van der Waals surface area (Å²) in [6.07, 6.45) is 1.73. The Bertz CT molecular complexity index is 336. The zero-order valence-corrected chi connectivity index (χ0v) is 8.16. The number of allylic oxidation sites excluding steroid dienone is 3. The van der Waals surface area contributed by atoms with E-state index in [1.807, 2.05) is 0 Å². The highest BCUT2D eigenvalue weighted by molar-refractivity contribution is 6.11. The Morgan fingerprint density at radius 3 is 2.71 bits per heavy atom. The third kappa shape index (κ3) is 2.02. The topological polar surface area (TPSA) is 63.6 Å². The van der Waals surface area contributed by atoms with E-state index in [0.29, 0.717) is 6.42 Å². The molecule has 0 spiro atoms. The van der Waals surface area contributed by atoms with E-state index in [1.54, 1.807) is 13.8 Å². The van der Waals surface area contributed by atoms with Crippen LogP contribution in [0.15, 0.2) is 23.0 Å². The molecule has 0 unspecified atom stereocenters. The minimum atomic E-state index is -0.834. The number of carbonyl (C=O) groups excluding carboxylic acids is 2. The van der Waals surface area contributed by atoms with Crippen LogP contribution in [-0.4, -0.2) is 23.5 Å². The molecule has 1 aliphatic rings. The number of aliphatic hydroxyl groups is 1. The minimum Gasteiger partial charge on any atom is -0.502 e. The van der Waals surface area contributed by atoms with Crippen LogP contribution < -0.4 is 0 Å². The van der Waals surface area contributed by atoms with E-state index in [-0.39, 0.29) is 18.0 Å². The predicted octanol–water partition coefficient (Wildman–Crippen LogP) is 1.28. The van der Waals surface area contributed by atoms with Crippen LogP contribution in [0.2, 0.25) is 0 Å². The molecule has 0 bridgehead atoms. The molecule has 1 rings (SSSR count). The van der Waals surface area contributed by atoms with Crippen molar-refractivity contribution in [3.8, 4) is 0 Å². The molecular weight excluding hydrogens is 184 g/mol. The molecule has 1 N–H and O–H groups in total. The highest BCUT2D eigenvalue weighted by atomic mass is 16.5. The van der Waals surface area contributed by atoms with Gasteiger partial charge in [0.15, 0.2) is 5.78 Å². The zero-order valence-electron chi connectivity index (χ0n) is 8.16. The van der Waals surface area contributed by atoms with Crippen LogP contribution in [0.5, 0.6) is 0 Å². The summed E-state index contributed by atoms with van der Waals surface area (Å²) in [6, 6.07) is 0. The van der Waals surface area contributed by atoms with Gasteiger partial charge in [-0.25, -0.2) is 4.79 Å². The Hall–Kier alpha value is -1.58. The summed E-state index contributed by atoms with van der Waals surface area (Å²) < 4.78 is 4.58. The van der Waals surface area contributed by atoms with E-state index in [0.717, 1.165) is 5.57 Å². The number of ether oxygens (including phenoxy) is 1. The van der Waals surface area contributed by atoms with Crippen LogP contribution in [0.1, 0.15) is 20.3 Å². The van der Waals surface area contributed by atoms with Crippen molar-refractivity contribution in [3.63, 3.8) is 0 Å². The summed E-state index contributed by atoms with van der Waals surface area (Å²) in [4.78, 5) is 22.3. The number of rotatable bonds is 2. The molecule has 4 nitrogen and oxygen atoms in total. The Kier molecular flexibility index (Phi) is 3.06. The SMILES string of the molecule is CCOC(=O)/C(O)=C1/CC(C)=CC1=O. The Morgan fingerprint density at radius 1 is 1.64 bits per heavy atom. The molecule has 0 aromatic heterocycles. The molecule has 0 saturated carbocycles. The summed E-state index contributed by atoms with van der Waals surface area (Å²) in [5.41, 5.74) is 0.960. The number of hydrogen-bond donors (Lipinski definition) is 1. The molecule has 14 heavy (non-hydrogen) atoms. The van der Waals surface area contributed by atoms with Gasteiger partial charge in [-0.15, -0.1) is 0 Å². The second-order valence-electron chi connectivity index (χ2n) is 3.08. The van der Waals surface area contributed by atoms with Gasteiger partial charge in [-0.2, -0.15) is 0 Å². The average Bonchev–Trinajstić information content (AvgIpc) is 2.44. The van der Waals surface area contributed by atoms with Gasteiger partial charge >= 0.3 is 5.97 Å². The van der Waals surface area contributed by atoms with Crippen LogP contribution in [0.25, 0.3) is 0 Å². The van der Waals surface area contributed by atoms with E-state index >= 15 is 0 Å². The molecule has 0 heterocycles. The number of aliphatic hydroxyl groups excluding tert-OH is 1. The van der Waals surface area contributed by atoms with Gasteiger partial charge in [-0.1, -0.05) is 5.57 Å². The maximum absolute atomic E-state index is 11.2. The fourth-order valence-electron chi connectivity index (χ4n) is 1.25. The van der Waals surface area contributed by atoms with E-state index in [2.05, 4.69) is 4.74 Å². The van der Waals surface area contributed by atoms with Crippen molar-refractivity contribution in [1.29, 1.82) is 0 Å². The molecular formula is C10H12O4. The predicted molar refractivity (Wildman–Crippen MR) is 49.7 cm³/mol. The Labute approximate surface area is 81.9 Å². The van der Waals surface area contributed by atoms with Gasteiger partial charge < -0.3 is 9.84 Å². The van der Waals surface area contributed by atoms with Crippen molar-refractivity contribution in [1.82, 2.24) is 0 Å². The van der Waals surface area contributed by atoms with Gasteiger partial charge in [-0.3, -0.25) is 4.79 Å². The van der Waals surface area contributed by atoms with Crippen molar-refractivity contribution in [2.24, 2.45) is 0 Å². The Balaban J connectivity index is 2.86. The number of esters is 1.